The van der Waals surface area contributed by atoms with Gasteiger partial charge in [-0.3, -0.25) is 9.36 Å². The van der Waals surface area contributed by atoms with E-state index in [4.69, 9.17) is 9.72 Å². The van der Waals surface area contributed by atoms with Gasteiger partial charge in [-0.1, -0.05) is 6.42 Å². The zero-order valence-electron chi connectivity index (χ0n) is 20.8. The lowest BCUT2D eigenvalue weighted by molar-refractivity contribution is -0.0124. The highest BCUT2D eigenvalue weighted by atomic mass is 16.5. The lowest BCUT2D eigenvalue weighted by Crippen LogP contribution is -2.37. The van der Waals surface area contributed by atoms with Crippen LogP contribution in [0.5, 0.6) is 0 Å². The molecule has 1 aliphatic heterocycles. The predicted molar refractivity (Wildman–Crippen MR) is 141 cm³/mol. The molecule has 4 atom stereocenters. The first-order valence-electron chi connectivity index (χ1n) is 13.3. The summed E-state index contributed by atoms with van der Waals surface area (Å²) >= 11 is 0. The summed E-state index contributed by atoms with van der Waals surface area (Å²) in [4.78, 5) is 24.6. The van der Waals surface area contributed by atoms with E-state index in [1.165, 1.54) is 24.9 Å². The van der Waals surface area contributed by atoms with Crippen molar-refractivity contribution in [2.75, 3.05) is 29.9 Å². The Morgan fingerprint density at radius 2 is 1.89 bits per heavy atom. The van der Waals surface area contributed by atoms with E-state index in [2.05, 4.69) is 27.3 Å². The number of aliphatic hydroxyl groups is 1. The Morgan fingerprint density at radius 3 is 2.58 bits per heavy atom. The lowest BCUT2D eigenvalue weighted by atomic mass is 9.95. The molecule has 2 aromatic heterocycles. The van der Waals surface area contributed by atoms with Crippen LogP contribution in [-0.2, 0) is 4.74 Å². The highest BCUT2D eigenvalue weighted by molar-refractivity contribution is 5.76. The van der Waals surface area contributed by atoms with E-state index in [1.54, 1.807) is 13.0 Å². The van der Waals surface area contributed by atoms with E-state index in [9.17, 15) is 9.90 Å². The van der Waals surface area contributed by atoms with E-state index in [0.717, 1.165) is 55.0 Å². The maximum Gasteiger partial charge on any atom is 0.252 e. The second-order valence-electron chi connectivity index (χ2n) is 10.8. The molecule has 2 aliphatic carbocycles. The fourth-order valence-electron chi connectivity index (χ4n) is 6.39. The van der Waals surface area contributed by atoms with Gasteiger partial charge in [0, 0.05) is 48.2 Å². The number of nitrogens with zero attached hydrogens (tertiary/aromatic N) is 4. The highest BCUT2D eigenvalue weighted by Gasteiger charge is 2.41. The average molecular weight is 490 g/mol. The first-order chi connectivity index (χ1) is 17.5. The number of piperidine rings is 1. The van der Waals surface area contributed by atoms with Crippen LogP contribution in [0.4, 0.5) is 17.3 Å². The molecule has 2 unspecified atom stereocenters. The molecular weight excluding hydrogens is 454 g/mol. The minimum absolute atomic E-state index is 0.0362. The third-order valence-corrected chi connectivity index (χ3v) is 8.20. The number of aliphatic hydroxyl groups excluding tert-OH is 1. The van der Waals surface area contributed by atoms with Crippen molar-refractivity contribution in [2.45, 2.75) is 63.7 Å². The summed E-state index contributed by atoms with van der Waals surface area (Å²) in [5.41, 5.74) is 2.86. The van der Waals surface area contributed by atoms with Crippen molar-refractivity contribution in [3.63, 3.8) is 0 Å². The van der Waals surface area contributed by atoms with Gasteiger partial charge in [0.2, 0.25) is 5.95 Å². The van der Waals surface area contributed by atoms with Gasteiger partial charge >= 0.3 is 0 Å². The SMILES string of the molecule is C[C@H](O)COC1CCN(c2ccc(Nc3ncc4ccc(=O)n([C@@H]5CC6CCC5C6)c4n3)cc2)CC1. The molecule has 8 heteroatoms. The summed E-state index contributed by atoms with van der Waals surface area (Å²) < 4.78 is 7.72. The van der Waals surface area contributed by atoms with Gasteiger partial charge in [0.15, 0.2) is 0 Å². The van der Waals surface area contributed by atoms with Crippen LogP contribution >= 0.6 is 0 Å². The number of rotatable bonds is 7. The van der Waals surface area contributed by atoms with Gasteiger partial charge in [-0.2, -0.15) is 4.98 Å². The van der Waals surface area contributed by atoms with Crippen LogP contribution in [0.15, 0.2) is 47.4 Å². The summed E-state index contributed by atoms with van der Waals surface area (Å²) in [7, 11) is 0. The number of aromatic nitrogens is 3. The van der Waals surface area contributed by atoms with Crippen LogP contribution < -0.4 is 15.8 Å². The molecule has 1 saturated heterocycles. The zero-order valence-corrected chi connectivity index (χ0v) is 20.8. The fourth-order valence-corrected chi connectivity index (χ4v) is 6.39. The van der Waals surface area contributed by atoms with Gasteiger partial charge in [0.05, 0.1) is 18.8 Å². The van der Waals surface area contributed by atoms with Gasteiger partial charge in [-0.05, 0) is 81.2 Å². The number of benzene rings is 1. The monoisotopic (exact) mass is 489 g/mol. The molecule has 1 aromatic carbocycles. The summed E-state index contributed by atoms with van der Waals surface area (Å²) in [5.74, 6) is 1.85. The minimum Gasteiger partial charge on any atom is -0.391 e. The number of pyridine rings is 1. The highest BCUT2D eigenvalue weighted by Crippen LogP contribution is 2.50. The van der Waals surface area contributed by atoms with Crippen molar-refractivity contribution >= 4 is 28.4 Å². The van der Waals surface area contributed by atoms with Crippen molar-refractivity contribution in [2.24, 2.45) is 11.8 Å². The average Bonchev–Trinajstić information content (AvgIpc) is 3.52. The molecule has 36 heavy (non-hydrogen) atoms. The Hall–Kier alpha value is -2.97. The number of nitrogens with one attached hydrogen (secondary N) is 1. The number of ether oxygens (including phenoxy) is 1. The smallest absolute Gasteiger partial charge is 0.252 e. The van der Waals surface area contributed by atoms with Gasteiger partial charge in [-0.25, -0.2) is 4.98 Å². The van der Waals surface area contributed by atoms with E-state index in [0.29, 0.717) is 18.5 Å². The van der Waals surface area contributed by atoms with Crippen LogP contribution in [0.1, 0.15) is 51.5 Å². The molecule has 0 amide bonds. The summed E-state index contributed by atoms with van der Waals surface area (Å²) in [6.07, 6.45) is 8.37. The lowest BCUT2D eigenvalue weighted by Gasteiger charge is -2.33. The summed E-state index contributed by atoms with van der Waals surface area (Å²) in [6.45, 7) is 4.03. The molecule has 0 radical (unpaired) electrons. The maximum absolute atomic E-state index is 12.9. The summed E-state index contributed by atoms with van der Waals surface area (Å²) in [6, 6.07) is 12.1. The van der Waals surface area contributed by atoms with E-state index < -0.39 is 6.10 Å². The molecule has 8 nitrogen and oxygen atoms in total. The second kappa shape index (κ2) is 9.82. The third-order valence-electron chi connectivity index (χ3n) is 8.20. The van der Waals surface area contributed by atoms with Crippen molar-refractivity contribution in [3.8, 4) is 0 Å². The zero-order chi connectivity index (χ0) is 24.6. The third kappa shape index (κ3) is 4.72. The van der Waals surface area contributed by atoms with Crippen LogP contribution in [0.25, 0.3) is 11.0 Å². The number of hydrogen-bond donors (Lipinski definition) is 2. The van der Waals surface area contributed by atoms with Crippen molar-refractivity contribution in [1.29, 1.82) is 0 Å². The van der Waals surface area contributed by atoms with E-state index >= 15 is 0 Å². The Kier molecular flexibility index (Phi) is 6.39. The Bertz CT molecular complexity index is 1270. The largest absolute Gasteiger partial charge is 0.391 e. The molecule has 2 bridgehead atoms. The van der Waals surface area contributed by atoms with Gasteiger partial charge in [0.25, 0.3) is 5.56 Å². The molecule has 190 valence electrons. The molecular formula is C28H35N5O3. The van der Waals surface area contributed by atoms with Crippen LogP contribution in [0.3, 0.4) is 0 Å². The molecule has 2 saturated carbocycles. The van der Waals surface area contributed by atoms with Gasteiger partial charge in [-0.15, -0.1) is 0 Å². The molecule has 6 rings (SSSR count). The number of hydrogen-bond acceptors (Lipinski definition) is 7. The van der Waals surface area contributed by atoms with Crippen molar-refractivity contribution in [3.05, 3.63) is 52.9 Å². The number of anilines is 3. The first-order valence-corrected chi connectivity index (χ1v) is 13.3. The number of fused-ring (bicyclic) bond motifs is 3. The van der Waals surface area contributed by atoms with Gasteiger partial charge in [0.1, 0.15) is 5.65 Å². The van der Waals surface area contributed by atoms with Gasteiger partial charge < -0.3 is 20.1 Å². The summed E-state index contributed by atoms with van der Waals surface area (Å²) in [5, 5.41) is 13.7. The first kappa shape index (κ1) is 23.4. The molecule has 3 aromatic rings. The molecule has 3 aliphatic rings. The molecule has 0 spiro atoms. The quantitative estimate of drug-likeness (QED) is 0.512. The molecule has 3 fully saturated rings. The Morgan fingerprint density at radius 1 is 1.08 bits per heavy atom. The second-order valence-corrected chi connectivity index (χ2v) is 10.8. The standard InChI is InChI=1S/C28H35N5O3/c1-18(34)17-36-24-10-12-32(13-11-24)23-7-5-22(6-8-23)30-28-29-16-21-4-9-26(35)33(27(21)31-28)25-15-19-2-3-20(25)14-19/h4-9,16,18-20,24-25,34H,2-3,10-15,17H2,1H3,(H,29,30,31)/t18-,19?,20?,25+/m0/s1. The van der Waals surface area contributed by atoms with E-state index in [1.807, 2.05) is 29.0 Å². The normalized spacial score (nSPS) is 24.9. The topological polar surface area (TPSA) is 92.5 Å². The van der Waals surface area contributed by atoms with Crippen molar-refractivity contribution in [1.82, 2.24) is 14.5 Å². The van der Waals surface area contributed by atoms with Crippen molar-refractivity contribution < 1.29 is 9.84 Å². The van der Waals surface area contributed by atoms with Crippen LogP contribution in [-0.4, -0.2) is 51.5 Å². The van der Waals surface area contributed by atoms with E-state index in [-0.39, 0.29) is 17.7 Å². The predicted octanol–water partition coefficient (Wildman–Crippen LogP) is 4.26. The molecule has 3 heterocycles. The Labute approximate surface area is 211 Å². The fraction of sp³-hybridized carbons (Fsp3) is 0.536. The Balaban J connectivity index is 1.15. The minimum atomic E-state index is -0.417. The molecule has 2 N–H and O–H groups in total. The van der Waals surface area contributed by atoms with Crippen LogP contribution in [0, 0.1) is 11.8 Å². The maximum atomic E-state index is 12.9. The van der Waals surface area contributed by atoms with Crippen LogP contribution in [0.2, 0.25) is 0 Å².